The third-order valence-electron chi connectivity index (χ3n) is 2.34. The molecule has 1 aromatic heterocycles. The molecule has 16 heavy (non-hydrogen) atoms. The maximum atomic E-state index is 10.6. The van der Waals surface area contributed by atoms with Crippen molar-refractivity contribution in [1.29, 1.82) is 0 Å². The number of aromatic nitrogens is 1. The molecule has 0 unspecified atom stereocenters. The number of pyridine rings is 1. The van der Waals surface area contributed by atoms with Crippen LogP contribution in [0, 0.1) is 6.92 Å². The average molecular weight is 222 g/mol. The molecule has 0 atom stereocenters. The first-order valence-corrected chi connectivity index (χ1v) is 5.39. The van der Waals surface area contributed by atoms with Gasteiger partial charge in [-0.3, -0.25) is 4.79 Å². The molecule has 0 spiro atoms. The van der Waals surface area contributed by atoms with E-state index in [1.165, 1.54) is 0 Å². The number of ether oxygens (including phenoxy) is 1. The number of aldehydes is 1. The maximum absolute atomic E-state index is 10.6. The largest absolute Gasteiger partial charge is 0.380 e. The molecule has 0 radical (unpaired) electrons. The van der Waals surface area contributed by atoms with Gasteiger partial charge in [0.05, 0.1) is 6.61 Å². The standard InChI is InChI=1S/C12H18N2O2/c1-4-16-6-5-14(3)12-10(2)7-11(9-15)8-13-12/h7-9H,4-6H2,1-3H3. The molecule has 0 aromatic carbocycles. The number of hydrogen-bond acceptors (Lipinski definition) is 4. The molecule has 1 rings (SSSR count). The summed E-state index contributed by atoms with van der Waals surface area (Å²) in [6.45, 7) is 6.13. The lowest BCUT2D eigenvalue weighted by molar-refractivity contribution is 0.112. The van der Waals surface area contributed by atoms with E-state index >= 15 is 0 Å². The van der Waals surface area contributed by atoms with E-state index in [0.29, 0.717) is 12.2 Å². The van der Waals surface area contributed by atoms with E-state index in [1.807, 2.05) is 31.9 Å². The van der Waals surface area contributed by atoms with Gasteiger partial charge in [0.25, 0.3) is 0 Å². The number of hydrogen-bond donors (Lipinski definition) is 0. The smallest absolute Gasteiger partial charge is 0.151 e. The highest BCUT2D eigenvalue weighted by molar-refractivity contribution is 5.75. The molecule has 0 aliphatic carbocycles. The van der Waals surface area contributed by atoms with Crippen molar-refractivity contribution in [2.24, 2.45) is 0 Å². The second kappa shape index (κ2) is 6.23. The van der Waals surface area contributed by atoms with Crippen molar-refractivity contribution in [2.75, 3.05) is 31.7 Å². The molecule has 0 aliphatic heterocycles. The third kappa shape index (κ3) is 3.31. The normalized spacial score (nSPS) is 10.2. The van der Waals surface area contributed by atoms with Crippen LogP contribution in [0.1, 0.15) is 22.8 Å². The first kappa shape index (κ1) is 12.6. The van der Waals surface area contributed by atoms with Crippen molar-refractivity contribution in [3.05, 3.63) is 23.4 Å². The van der Waals surface area contributed by atoms with Crippen LogP contribution in [0.15, 0.2) is 12.3 Å². The fourth-order valence-electron chi connectivity index (χ4n) is 1.51. The summed E-state index contributed by atoms with van der Waals surface area (Å²) in [5.41, 5.74) is 1.61. The second-order valence-electron chi connectivity index (χ2n) is 3.65. The topological polar surface area (TPSA) is 42.4 Å². The van der Waals surface area contributed by atoms with Gasteiger partial charge in [-0.1, -0.05) is 0 Å². The fourth-order valence-corrected chi connectivity index (χ4v) is 1.51. The number of nitrogens with zero attached hydrogens (tertiary/aromatic N) is 2. The van der Waals surface area contributed by atoms with Crippen LogP contribution in [0.2, 0.25) is 0 Å². The monoisotopic (exact) mass is 222 g/mol. The van der Waals surface area contributed by atoms with E-state index < -0.39 is 0 Å². The van der Waals surface area contributed by atoms with Gasteiger partial charge in [-0.05, 0) is 25.5 Å². The summed E-state index contributed by atoms with van der Waals surface area (Å²) in [5.74, 6) is 0.894. The minimum Gasteiger partial charge on any atom is -0.380 e. The lowest BCUT2D eigenvalue weighted by Crippen LogP contribution is -2.24. The molecule has 0 saturated heterocycles. The summed E-state index contributed by atoms with van der Waals surface area (Å²) in [4.78, 5) is 16.9. The number of likely N-dealkylation sites (N-methyl/N-ethyl adjacent to an activating group) is 1. The number of carbonyl (C=O) groups excluding carboxylic acids is 1. The van der Waals surface area contributed by atoms with Crippen LogP contribution in [-0.4, -0.2) is 38.1 Å². The lowest BCUT2D eigenvalue weighted by Gasteiger charge is -2.19. The van der Waals surface area contributed by atoms with Gasteiger partial charge in [-0.25, -0.2) is 4.98 Å². The van der Waals surface area contributed by atoms with Gasteiger partial charge in [0.2, 0.25) is 0 Å². The molecule has 0 bridgehead atoms. The SMILES string of the molecule is CCOCCN(C)c1ncc(C=O)cc1C. The molecule has 0 amide bonds. The Morgan fingerprint density at radius 1 is 1.56 bits per heavy atom. The number of carbonyl (C=O) groups is 1. The van der Waals surface area contributed by atoms with Crippen molar-refractivity contribution in [2.45, 2.75) is 13.8 Å². The molecule has 0 fully saturated rings. The van der Waals surface area contributed by atoms with E-state index in [4.69, 9.17) is 4.74 Å². The van der Waals surface area contributed by atoms with Gasteiger partial charge in [-0.2, -0.15) is 0 Å². The summed E-state index contributed by atoms with van der Waals surface area (Å²) >= 11 is 0. The highest BCUT2D eigenvalue weighted by Crippen LogP contribution is 2.15. The summed E-state index contributed by atoms with van der Waals surface area (Å²) in [6, 6.07) is 1.84. The van der Waals surface area contributed by atoms with Gasteiger partial charge in [0, 0.05) is 32.0 Å². The summed E-state index contributed by atoms with van der Waals surface area (Å²) in [7, 11) is 1.97. The molecular weight excluding hydrogens is 204 g/mol. The van der Waals surface area contributed by atoms with E-state index in [-0.39, 0.29) is 0 Å². The number of rotatable bonds is 6. The average Bonchev–Trinajstić information content (AvgIpc) is 2.29. The Labute approximate surface area is 96.2 Å². The molecule has 88 valence electrons. The Hall–Kier alpha value is -1.42. The zero-order valence-electron chi connectivity index (χ0n) is 10.1. The molecular formula is C12H18N2O2. The maximum Gasteiger partial charge on any atom is 0.151 e. The van der Waals surface area contributed by atoms with Gasteiger partial charge < -0.3 is 9.64 Å². The van der Waals surface area contributed by atoms with Gasteiger partial charge in [-0.15, -0.1) is 0 Å². The molecule has 0 saturated carbocycles. The zero-order valence-corrected chi connectivity index (χ0v) is 10.1. The summed E-state index contributed by atoms with van der Waals surface area (Å²) in [6.07, 6.45) is 2.40. The van der Waals surface area contributed by atoms with Gasteiger partial charge in [0.15, 0.2) is 6.29 Å². The van der Waals surface area contributed by atoms with Crippen molar-refractivity contribution in [1.82, 2.24) is 4.98 Å². The van der Waals surface area contributed by atoms with Crippen LogP contribution in [0.25, 0.3) is 0 Å². The van der Waals surface area contributed by atoms with Crippen LogP contribution < -0.4 is 4.90 Å². The highest BCUT2D eigenvalue weighted by atomic mass is 16.5. The van der Waals surface area contributed by atoms with Crippen molar-refractivity contribution < 1.29 is 9.53 Å². The predicted molar refractivity (Wildman–Crippen MR) is 64.1 cm³/mol. The van der Waals surface area contributed by atoms with E-state index in [1.54, 1.807) is 6.20 Å². The Bertz CT molecular complexity index is 353. The second-order valence-corrected chi connectivity index (χ2v) is 3.65. The van der Waals surface area contributed by atoms with Crippen LogP contribution in [0.4, 0.5) is 5.82 Å². The predicted octanol–water partition coefficient (Wildman–Crippen LogP) is 1.68. The Balaban J connectivity index is 2.68. The van der Waals surface area contributed by atoms with Gasteiger partial charge >= 0.3 is 0 Å². The Morgan fingerprint density at radius 3 is 2.88 bits per heavy atom. The van der Waals surface area contributed by atoms with Crippen molar-refractivity contribution in [3.8, 4) is 0 Å². The molecule has 1 aromatic rings. The lowest BCUT2D eigenvalue weighted by atomic mass is 10.2. The highest BCUT2D eigenvalue weighted by Gasteiger charge is 2.06. The van der Waals surface area contributed by atoms with Gasteiger partial charge in [0.1, 0.15) is 5.82 Å². The van der Waals surface area contributed by atoms with Crippen molar-refractivity contribution >= 4 is 12.1 Å². The van der Waals surface area contributed by atoms with Crippen LogP contribution in [-0.2, 0) is 4.74 Å². The number of aryl methyl sites for hydroxylation is 1. The Morgan fingerprint density at radius 2 is 2.31 bits per heavy atom. The van der Waals surface area contributed by atoms with E-state index in [9.17, 15) is 4.79 Å². The quantitative estimate of drug-likeness (QED) is 0.542. The minimum atomic E-state index is 0.611. The van der Waals surface area contributed by atoms with Crippen LogP contribution in [0.5, 0.6) is 0 Å². The Kier molecular flexibility index (Phi) is 4.92. The number of anilines is 1. The fraction of sp³-hybridized carbons (Fsp3) is 0.500. The summed E-state index contributed by atoms with van der Waals surface area (Å²) < 4.78 is 5.28. The first-order chi connectivity index (χ1) is 7.69. The first-order valence-electron chi connectivity index (χ1n) is 5.39. The van der Waals surface area contributed by atoms with E-state index in [2.05, 4.69) is 4.98 Å². The van der Waals surface area contributed by atoms with E-state index in [0.717, 1.165) is 30.8 Å². The molecule has 0 aliphatic rings. The zero-order chi connectivity index (χ0) is 12.0. The van der Waals surface area contributed by atoms with Crippen LogP contribution >= 0.6 is 0 Å². The molecule has 4 heteroatoms. The molecule has 0 N–H and O–H groups in total. The molecule has 1 heterocycles. The summed E-state index contributed by atoms with van der Waals surface area (Å²) in [5, 5.41) is 0. The van der Waals surface area contributed by atoms with Crippen molar-refractivity contribution in [3.63, 3.8) is 0 Å². The minimum absolute atomic E-state index is 0.611. The van der Waals surface area contributed by atoms with Crippen LogP contribution in [0.3, 0.4) is 0 Å². The molecule has 4 nitrogen and oxygen atoms in total. The third-order valence-corrected chi connectivity index (χ3v) is 2.34.